The number of thioether (sulfide) groups is 1. The summed E-state index contributed by atoms with van der Waals surface area (Å²) in [7, 11) is 1.54. The smallest absolute Gasteiger partial charge is 0.255 e. The SMILES string of the molecule is COc1ccc(N2C(=O)[C@@H](CCSC)NC2=S)cc1CO. The number of thiocarbonyl (C=S) groups is 1. The third kappa shape index (κ3) is 3.30. The predicted molar refractivity (Wildman–Crippen MR) is 88.9 cm³/mol. The lowest BCUT2D eigenvalue weighted by Crippen LogP contribution is -2.31. The van der Waals surface area contributed by atoms with E-state index in [1.165, 1.54) is 4.90 Å². The number of hydrogen-bond acceptors (Lipinski definition) is 5. The van der Waals surface area contributed by atoms with Gasteiger partial charge in [-0.1, -0.05) is 0 Å². The van der Waals surface area contributed by atoms with Gasteiger partial charge in [-0.3, -0.25) is 9.69 Å². The van der Waals surface area contributed by atoms with Gasteiger partial charge < -0.3 is 15.2 Å². The fraction of sp³-hybridized carbons (Fsp3) is 0.429. The van der Waals surface area contributed by atoms with E-state index in [9.17, 15) is 9.90 Å². The summed E-state index contributed by atoms with van der Waals surface area (Å²) in [4.78, 5) is 13.9. The number of anilines is 1. The second-order valence-electron chi connectivity index (χ2n) is 4.61. The van der Waals surface area contributed by atoms with Crippen molar-refractivity contribution in [1.29, 1.82) is 0 Å². The zero-order chi connectivity index (χ0) is 15.4. The summed E-state index contributed by atoms with van der Waals surface area (Å²) in [5.74, 6) is 1.43. The van der Waals surface area contributed by atoms with E-state index in [-0.39, 0.29) is 18.6 Å². The van der Waals surface area contributed by atoms with E-state index in [1.807, 2.05) is 6.26 Å². The monoisotopic (exact) mass is 326 g/mol. The molecule has 1 saturated heterocycles. The molecule has 0 aliphatic carbocycles. The van der Waals surface area contributed by atoms with Crippen LogP contribution >= 0.6 is 24.0 Å². The molecule has 0 unspecified atom stereocenters. The number of methoxy groups -OCH3 is 1. The Balaban J connectivity index is 2.25. The number of carbonyl (C=O) groups is 1. The Bertz CT molecular complexity index is 551. The van der Waals surface area contributed by atoms with Crippen LogP contribution in [0.25, 0.3) is 0 Å². The molecule has 114 valence electrons. The molecule has 1 aromatic rings. The first kappa shape index (κ1) is 16.1. The third-order valence-electron chi connectivity index (χ3n) is 3.32. The molecule has 1 aromatic carbocycles. The molecular formula is C14H18N2O3S2. The lowest BCUT2D eigenvalue weighted by molar-refractivity contribution is -0.118. The average molecular weight is 326 g/mol. The van der Waals surface area contributed by atoms with Crippen molar-refractivity contribution in [2.75, 3.05) is 24.0 Å². The van der Waals surface area contributed by atoms with Gasteiger partial charge in [0.05, 0.1) is 19.4 Å². The van der Waals surface area contributed by atoms with Crippen LogP contribution in [-0.4, -0.2) is 41.3 Å². The lowest BCUT2D eigenvalue weighted by Gasteiger charge is -2.17. The molecule has 0 radical (unpaired) electrons. The van der Waals surface area contributed by atoms with E-state index in [2.05, 4.69) is 5.32 Å². The van der Waals surface area contributed by atoms with Crippen LogP contribution in [0.15, 0.2) is 18.2 Å². The highest BCUT2D eigenvalue weighted by Gasteiger charge is 2.36. The predicted octanol–water partition coefficient (Wildman–Crippen LogP) is 1.53. The van der Waals surface area contributed by atoms with Crippen LogP contribution < -0.4 is 15.0 Å². The van der Waals surface area contributed by atoms with Crippen LogP contribution in [-0.2, 0) is 11.4 Å². The van der Waals surface area contributed by atoms with Gasteiger partial charge in [0.25, 0.3) is 5.91 Å². The highest BCUT2D eigenvalue weighted by atomic mass is 32.2. The van der Waals surface area contributed by atoms with Crippen LogP contribution in [0.5, 0.6) is 5.75 Å². The molecule has 0 spiro atoms. The minimum atomic E-state index is -0.273. The van der Waals surface area contributed by atoms with Gasteiger partial charge in [0, 0.05) is 5.56 Å². The van der Waals surface area contributed by atoms with Crippen LogP contribution in [0.1, 0.15) is 12.0 Å². The van der Waals surface area contributed by atoms with E-state index in [0.717, 1.165) is 12.2 Å². The summed E-state index contributed by atoms with van der Waals surface area (Å²) in [6, 6.07) is 4.94. The van der Waals surface area contributed by atoms with Crippen molar-refractivity contribution in [2.24, 2.45) is 0 Å². The molecule has 7 heteroatoms. The van der Waals surface area contributed by atoms with E-state index in [4.69, 9.17) is 17.0 Å². The van der Waals surface area contributed by atoms with Crippen LogP contribution in [0, 0.1) is 0 Å². The number of carbonyl (C=O) groups excluding carboxylic acids is 1. The zero-order valence-corrected chi connectivity index (χ0v) is 13.6. The molecule has 0 saturated carbocycles. The van der Waals surface area contributed by atoms with Crippen LogP contribution in [0.3, 0.4) is 0 Å². The Morgan fingerprint density at radius 1 is 1.52 bits per heavy atom. The van der Waals surface area contributed by atoms with Gasteiger partial charge in [-0.2, -0.15) is 11.8 Å². The zero-order valence-electron chi connectivity index (χ0n) is 12.0. The van der Waals surface area contributed by atoms with Gasteiger partial charge in [0.1, 0.15) is 11.8 Å². The number of ether oxygens (including phenoxy) is 1. The molecular weight excluding hydrogens is 308 g/mol. The van der Waals surface area contributed by atoms with Crippen molar-refractivity contribution >= 4 is 40.7 Å². The number of benzene rings is 1. The number of aliphatic hydroxyl groups is 1. The number of aliphatic hydroxyl groups excluding tert-OH is 1. The fourth-order valence-electron chi connectivity index (χ4n) is 2.23. The van der Waals surface area contributed by atoms with E-state index in [0.29, 0.717) is 22.1 Å². The van der Waals surface area contributed by atoms with E-state index in [1.54, 1.807) is 37.1 Å². The summed E-state index contributed by atoms with van der Waals surface area (Å²) >= 11 is 6.96. The minimum absolute atomic E-state index is 0.0527. The fourth-order valence-corrected chi connectivity index (χ4v) is 3.04. The van der Waals surface area contributed by atoms with E-state index < -0.39 is 0 Å². The van der Waals surface area contributed by atoms with Crippen molar-refractivity contribution in [3.63, 3.8) is 0 Å². The van der Waals surface area contributed by atoms with Crippen molar-refractivity contribution in [1.82, 2.24) is 5.32 Å². The largest absolute Gasteiger partial charge is 0.496 e. The molecule has 1 aliphatic rings. The standard InChI is InChI=1S/C14H18N2O3S2/c1-19-12-4-3-10(7-9(12)8-17)16-13(18)11(5-6-21-2)15-14(16)20/h3-4,7,11,17H,5-6,8H2,1-2H3,(H,15,20)/t11-/m1/s1. The van der Waals surface area contributed by atoms with Crippen molar-refractivity contribution < 1.29 is 14.6 Å². The second kappa shape index (κ2) is 7.11. The van der Waals surface area contributed by atoms with Gasteiger partial charge >= 0.3 is 0 Å². The highest BCUT2D eigenvalue weighted by molar-refractivity contribution is 7.98. The number of hydrogen-bond donors (Lipinski definition) is 2. The maximum absolute atomic E-state index is 12.4. The molecule has 5 nitrogen and oxygen atoms in total. The quantitative estimate of drug-likeness (QED) is 0.773. The first-order valence-electron chi connectivity index (χ1n) is 6.53. The molecule has 0 bridgehead atoms. The third-order valence-corrected chi connectivity index (χ3v) is 4.27. The Kier molecular flexibility index (Phi) is 5.44. The number of amides is 1. The van der Waals surface area contributed by atoms with Crippen molar-refractivity contribution in [3.05, 3.63) is 23.8 Å². The topological polar surface area (TPSA) is 61.8 Å². The molecule has 2 rings (SSSR count). The minimum Gasteiger partial charge on any atom is -0.496 e. The van der Waals surface area contributed by atoms with Gasteiger partial charge in [-0.25, -0.2) is 0 Å². The first-order chi connectivity index (χ1) is 10.1. The molecule has 0 aromatic heterocycles. The highest BCUT2D eigenvalue weighted by Crippen LogP contribution is 2.27. The average Bonchev–Trinajstić information content (AvgIpc) is 2.78. The maximum atomic E-state index is 12.4. The van der Waals surface area contributed by atoms with Crippen LogP contribution in [0.4, 0.5) is 5.69 Å². The lowest BCUT2D eigenvalue weighted by atomic mass is 10.1. The molecule has 1 amide bonds. The molecule has 2 N–H and O–H groups in total. The summed E-state index contributed by atoms with van der Waals surface area (Å²) in [6.45, 7) is -0.158. The summed E-state index contributed by atoms with van der Waals surface area (Å²) < 4.78 is 5.17. The second-order valence-corrected chi connectivity index (χ2v) is 5.98. The van der Waals surface area contributed by atoms with Gasteiger partial charge in [-0.05, 0) is 48.8 Å². The summed E-state index contributed by atoms with van der Waals surface area (Å²) in [5.41, 5.74) is 1.27. The van der Waals surface area contributed by atoms with Crippen molar-refractivity contribution in [2.45, 2.75) is 19.1 Å². The molecule has 21 heavy (non-hydrogen) atoms. The van der Waals surface area contributed by atoms with Gasteiger partial charge in [-0.15, -0.1) is 0 Å². The Morgan fingerprint density at radius 3 is 2.90 bits per heavy atom. The Morgan fingerprint density at radius 2 is 2.29 bits per heavy atom. The first-order valence-corrected chi connectivity index (χ1v) is 8.33. The number of nitrogens with zero attached hydrogens (tertiary/aromatic N) is 1. The molecule has 1 atom stereocenters. The molecule has 1 aliphatic heterocycles. The van der Waals surface area contributed by atoms with Crippen LogP contribution in [0.2, 0.25) is 0 Å². The normalized spacial score (nSPS) is 18.0. The number of rotatable bonds is 6. The Hall–Kier alpha value is -1.31. The summed E-state index contributed by atoms with van der Waals surface area (Å²) in [6.07, 6.45) is 2.74. The van der Waals surface area contributed by atoms with Gasteiger partial charge in [0.2, 0.25) is 0 Å². The molecule has 1 fully saturated rings. The van der Waals surface area contributed by atoms with Crippen molar-refractivity contribution in [3.8, 4) is 5.75 Å². The molecule has 1 heterocycles. The van der Waals surface area contributed by atoms with E-state index >= 15 is 0 Å². The number of nitrogens with one attached hydrogen (secondary N) is 1. The maximum Gasteiger partial charge on any atom is 0.255 e. The Labute approximate surface area is 133 Å². The summed E-state index contributed by atoms with van der Waals surface area (Å²) in [5, 5.41) is 12.8. The van der Waals surface area contributed by atoms with Gasteiger partial charge in [0.15, 0.2) is 5.11 Å².